The summed E-state index contributed by atoms with van der Waals surface area (Å²) in [6, 6.07) is 12.4. The zero-order valence-corrected chi connectivity index (χ0v) is 15.7. The summed E-state index contributed by atoms with van der Waals surface area (Å²) in [5, 5.41) is 2.65. The molecule has 1 N–H and O–H groups in total. The Bertz CT molecular complexity index is 892. The molecule has 2 amide bonds. The quantitative estimate of drug-likeness (QED) is 0.767. The number of hydrogen-bond acceptors (Lipinski definition) is 6. The van der Waals surface area contributed by atoms with Gasteiger partial charge in [0.1, 0.15) is 6.54 Å². The molecule has 0 heterocycles. The van der Waals surface area contributed by atoms with Crippen molar-refractivity contribution >= 4 is 35.1 Å². The Morgan fingerprint density at radius 1 is 0.893 bits per heavy atom. The fourth-order valence-electron chi connectivity index (χ4n) is 2.45. The van der Waals surface area contributed by atoms with Crippen molar-refractivity contribution in [3.05, 3.63) is 59.7 Å². The lowest BCUT2D eigenvalue weighted by Gasteiger charge is -2.21. The molecule has 2 rings (SSSR count). The molecule has 0 aliphatic carbocycles. The third kappa shape index (κ3) is 5.16. The molecule has 146 valence electrons. The predicted molar refractivity (Wildman–Crippen MR) is 102 cm³/mol. The first-order valence-corrected chi connectivity index (χ1v) is 8.30. The number of carbonyl (C=O) groups is 4. The molecule has 8 heteroatoms. The van der Waals surface area contributed by atoms with Crippen molar-refractivity contribution in [2.75, 3.05) is 31.0 Å². The van der Waals surface area contributed by atoms with Crippen molar-refractivity contribution in [3.8, 4) is 0 Å². The van der Waals surface area contributed by atoms with Gasteiger partial charge in [0.25, 0.3) is 0 Å². The van der Waals surface area contributed by atoms with Gasteiger partial charge in [0.15, 0.2) is 0 Å². The Morgan fingerprint density at radius 2 is 1.50 bits per heavy atom. The molecule has 0 aromatic heterocycles. The molecular weight excluding hydrogens is 364 g/mol. The van der Waals surface area contributed by atoms with Crippen LogP contribution in [0.1, 0.15) is 27.6 Å². The maximum Gasteiger partial charge on any atom is 0.337 e. The van der Waals surface area contributed by atoms with Gasteiger partial charge in [0, 0.05) is 18.3 Å². The van der Waals surface area contributed by atoms with E-state index in [1.807, 2.05) is 0 Å². The molecular formula is C20H20N2O6. The maximum atomic E-state index is 12.4. The molecule has 0 saturated carbocycles. The molecule has 2 aromatic carbocycles. The number of amides is 2. The smallest absolute Gasteiger partial charge is 0.337 e. The number of hydrogen-bond donors (Lipinski definition) is 1. The first kappa shape index (κ1) is 20.6. The fourth-order valence-corrected chi connectivity index (χ4v) is 2.45. The van der Waals surface area contributed by atoms with Gasteiger partial charge in [0.2, 0.25) is 11.8 Å². The standard InChI is InChI=1S/C20H20N2O6/c1-13(23)22(17-6-4-5-15(11-17)20(26)28-3)12-18(24)21-16-9-7-14(8-10-16)19(25)27-2/h4-11H,12H2,1-3H3,(H,21,24). The van der Waals surface area contributed by atoms with Crippen LogP contribution in [0, 0.1) is 0 Å². The van der Waals surface area contributed by atoms with Crippen molar-refractivity contribution in [2.24, 2.45) is 0 Å². The third-order valence-electron chi connectivity index (χ3n) is 3.85. The maximum absolute atomic E-state index is 12.4. The lowest BCUT2D eigenvalue weighted by molar-refractivity contribution is -0.120. The van der Waals surface area contributed by atoms with Crippen LogP contribution >= 0.6 is 0 Å². The Labute approximate surface area is 162 Å². The van der Waals surface area contributed by atoms with E-state index in [2.05, 4.69) is 14.8 Å². The molecule has 0 aliphatic rings. The van der Waals surface area contributed by atoms with Crippen LogP contribution in [0.2, 0.25) is 0 Å². The van der Waals surface area contributed by atoms with Gasteiger partial charge >= 0.3 is 11.9 Å². The van der Waals surface area contributed by atoms with Gasteiger partial charge in [-0.1, -0.05) is 6.07 Å². The highest BCUT2D eigenvalue weighted by Gasteiger charge is 2.18. The molecule has 0 spiro atoms. The van der Waals surface area contributed by atoms with Gasteiger partial charge in [-0.3, -0.25) is 9.59 Å². The molecule has 2 aromatic rings. The van der Waals surface area contributed by atoms with Crippen LogP contribution < -0.4 is 10.2 Å². The van der Waals surface area contributed by atoms with Gasteiger partial charge in [-0.15, -0.1) is 0 Å². The minimum Gasteiger partial charge on any atom is -0.465 e. The van der Waals surface area contributed by atoms with Gasteiger partial charge in [-0.2, -0.15) is 0 Å². The highest BCUT2D eigenvalue weighted by atomic mass is 16.5. The number of benzene rings is 2. The third-order valence-corrected chi connectivity index (χ3v) is 3.85. The van der Waals surface area contributed by atoms with E-state index in [4.69, 9.17) is 0 Å². The van der Waals surface area contributed by atoms with E-state index in [-0.39, 0.29) is 18.0 Å². The zero-order valence-electron chi connectivity index (χ0n) is 15.7. The summed E-state index contributed by atoms with van der Waals surface area (Å²) in [6.07, 6.45) is 0. The number of anilines is 2. The molecule has 0 aliphatic heterocycles. The number of ether oxygens (including phenoxy) is 2. The zero-order chi connectivity index (χ0) is 20.7. The summed E-state index contributed by atoms with van der Waals surface area (Å²) in [6.45, 7) is 1.07. The van der Waals surface area contributed by atoms with E-state index in [1.54, 1.807) is 30.3 Å². The molecule has 0 atom stereocenters. The molecule has 0 radical (unpaired) electrons. The second kappa shape index (κ2) is 9.31. The fraction of sp³-hybridized carbons (Fsp3) is 0.200. The summed E-state index contributed by atoms with van der Waals surface area (Å²) in [4.78, 5) is 48.7. The first-order valence-electron chi connectivity index (χ1n) is 8.30. The number of nitrogens with one attached hydrogen (secondary N) is 1. The van der Waals surface area contributed by atoms with E-state index in [0.717, 1.165) is 0 Å². The highest BCUT2D eigenvalue weighted by molar-refractivity contribution is 6.02. The Balaban J connectivity index is 2.12. The van der Waals surface area contributed by atoms with E-state index < -0.39 is 17.8 Å². The normalized spacial score (nSPS) is 9.96. The number of rotatable bonds is 6. The Morgan fingerprint density at radius 3 is 2.07 bits per heavy atom. The Hall–Kier alpha value is -3.68. The topological polar surface area (TPSA) is 102 Å². The van der Waals surface area contributed by atoms with Crippen LogP contribution in [-0.4, -0.2) is 44.5 Å². The number of methoxy groups -OCH3 is 2. The van der Waals surface area contributed by atoms with Gasteiger partial charge in [0.05, 0.1) is 25.3 Å². The minimum absolute atomic E-state index is 0.251. The summed E-state index contributed by atoms with van der Waals surface area (Å²) in [5.74, 6) is -1.82. The first-order chi connectivity index (χ1) is 13.3. The van der Waals surface area contributed by atoms with E-state index in [1.165, 1.54) is 44.2 Å². The Kier molecular flexibility index (Phi) is 6.86. The van der Waals surface area contributed by atoms with Crippen LogP contribution in [-0.2, 0) is 19.1 Å². The van der Waals surface area contributed by atoms with Crippen molar-refractivity contribution in [1.29, 1.82) is 0 Å². The van der Waals surface area contributed by atoms with Crippen LogP contribution in [0.25, 0.3) is 0 Å². The summed E-state index contributed by atoms with van der Waals surface area (Å²) in [7, 11) is 2.54. The van der Waals surface area contributed by atoms with Gasteiger partial charge in [-0.05, 0) is 42.5 Å². The number of carbonyl (C=O) groups excluding carboxylic acids is 4. The average molecular weight is 384 g/mol. The summed E-state index contributed by atoms with van der Waals surface area (Å²) >= 11 is 0. The molecule has 0 bridgehead atoms. The predicted octanol–water partition coefficient (Wildman–Crippen LogP) is 2.25. The SMILES string of the molecule is COC(=O)c1ccc(NC(=O)CN(C(C)=O)c2cccc(C(=O)OC)c2)cc1. The highest BCUT2D eigenvalue weighted by Crippen LogP contribution is 2.18. The van der Waals surface area contributed by atoms with Crippen LogP contribution in [0.3, 0.4) is 0 Å². The second-order valence-corrected chi connectivity index (χ2v) is 5.76. The average Bonchev–Trinajstić information content (AvgIpc) is 2.71. The molecule has 0 saturated heterocycles. The minimum atomic E-state index is -0.541. The lowest BCUT2D eigenvalue weighted by Crippen LogP contribution is -2.36. The van der Waals surface area contributed by atoms with Crippen LogP contribution in [0.15, 0.2) is 48.5 Å². The van der Waals surface area contributed by atoms with E-state index >= 15 is 0 Å². The van der Waals surface area contributed by atoms with Crippen LogP contribution in [0.5, 0.6) is 0 Å². The van der Waals surface area contributed by atoms with Gasteiger partial charge < -0.3 is 19.7 Å². The van der Waals surface area contributed by atoms with Gasteiger partial charge in [-0.25, -0.2) is 9.59 Å². The van der Waals surface area contributed by atoms with Crippen molar-refractivity contribution in [3.63, 3.8) is 0 Å². The summed E-state index contributed by atoms with van der Waals surface area (Å²) < 4.78 is 9.29. The van der Waals surface area contributed by atoms with Crippen LogP contribution in [0.4, 0.5) is 11.4 Å². The number of esters is 2. The van der Waals surface area contributed by atoms with E-state index in [9.17, 15) is 19.2 Å². The lowest BCUT2D eigenvalue weighted by atomic mass is 10.2. The molecule has 8 nitrogen and oxygen atoms in total. The molecule has 28 heavy (non-hydrogen) atoms. The largest absolute Gasteiger partial charge is 0.465 e. The second-order valence-electron chi connectivity index (χ2n) is 5.76. The monoisotopic (exact) mass is 384 g/mol. The molecule has 0 fully saturated rings. The summed E-state index contributed by atoms with van der Waals surface area (Å²) in [5.41, 5.74) is 1.48. The van der Waals surface area contributed by atoms with Crippen molar-refractivity contribution in [2.45, 2.75) is 6.92 Å². The van der Waals surface area contributed by atoms with E-state index in [0.29, 0.717) is 16.9 Å². The molecule has 0 unspecified atom stereocenters. The number of nitrogens with zero attached hydrogens (tertiary/aromatic N) is 1. The van der Waals surface area contributed by atoms with Crippen molar-refractivity contribution in [1.82, 2.24) is 0 Å². The van der Waals surface area contributed by atoms with Crippen molar-refractivity contribution < 1.29 is 28.7 Å².